The van der Waals surface area contributed by atoms with Gasteiger partial charge in [-0.1, -0.05) is 46.6 Å². The maximum Gasteiger partial charge on any atom is 0.161 e. The Hall–Kier alpha value is -0.590. The van der Waals surface area contributed by atoms with E-state index < -0.39 is 0 Å². The lowest BCUT2D eigenvalue weighted by Gasteiger charge is -2.57. The molecular formula is C19H30O. The summed E-state index contributed by atoms with van der Waals surface area (Å²) in [5, 5.41) is 0. The Morgan fingerprint density at radius 2 is 1.95 bits per heavy atom. The summed E-state index contributed by atoms with van der Waals surface area (Å²) in [4.78, 5) is 12.3. The lowest BCUT2D eigenvalue weighted by molar-refractivity contribution is -0.134. The molecule has 0 aromatic carbocycles. The molecule has 112 valence electrons. The van der Waals surface area contributed by atoms with Gasteiger partial charge in [-0.2, -0.15) is 0 Å². The fourth-order valence-electron chi connectivity index (χ4n) is 6.03. The fourth-order valence-corrected chi connectivity index (χ4v) is 6.03. The zero-order chi connectivity index (χ0) is 14.5. The van der Waals surface area contributed by atoms with E-state index in [1.54, 1.807) is 0 Å². The van der Waals surface area contributed by atoms with Gasteiger partial charge in [0, 0.05) is 5.41 Å². The van der Waals surface area contributed by atoms with Crippen molar-refractivity contribution in [2.24, 2.45) is 34.5 Å². The van der Waals surface area contributed by atoms with Crippen LogP contribution >= 0.6 is 0 Å². The Bertz CT molecular complexity index is 437. The summed E-state index contributed by atoms with van der Waals surface area (Å²) >= 11 is 0. The highest BCUT2D eigenvalue weighted by molar-refractivity contribution is 5.97. The van der Waals surface area contributed by atoms with Crippen LogP contribution in [0.2, 0.25) is 0 Å². The number of rotatable bonds is 2. The van der Waals surface area contributed by atoms with E-state index in [0.29, 0.717) is 17.1 Å². The number of carbonyl (C=O) groups excluding carboxylic acids is 1. The molecule has 0 heterocycles. The van der Waals surface area contributed by atoms with Crippen molar-refractivity contribution in [2.45, 2.75) is 66.2 Å². The third-order valence-electron chi connectivity index (χ3n) is 7.59. The zero-order valence-electron chi connectivity index (χ0n) is 13.6. The lowest BCUT2D eigenvalue weighted by atomic mass is 9.47. The molecule has 0 spiro atoms. The van der Waals surface area contributed by atoms with Crippen molar-refractivity contribution in [3.8, 4) is 0 Å². The summed E-state index contributed by atoms with van der Waals surface area (Å²) in [7, 11) is 0. The van der Waals surface area contributed by atoms with E-state index in [1.165, 1.54) is 32.1 Å². The molecule has 0 saturated heterocycles. The molecule has 0 N–H and O–H groups in total. The average molecular weight is 274 g/mol. The van der Waals surface area contributed by atoms with Crippen molar-refractivity contribution < 1.29 is 4.79 Å². The van der Waals surface area contributed by atoms with E-state index in [0.717, 1.165) is 24.2 Å². The molecule has 3 aliphatic rings. The number of carbonyl (C=O) groups is 1. The molecule has 2 fully saturated rings. The third kappa shape index (κ3) is 1.71. The molecule has 6 atom stereocenters. The van der Waals surface area contributed by atoms with Crippen LogP contribution in [-0.2, 0) is 4.79 Å². The molecule has 0 amide bonds. The molecule has 0 unspecified atom stereocenters. The summed E-state index contributed by atoms with van der Waals surface area (Å²) < 4.78 is 0. The monoisotopic (exact) mass is 274 g/mol. The van der Waals surface area contributed by atoms with Gasteiger partial charge in [-0.05, 0) is 60.8 Å². The smallest absolute Gasteiger partial charge is 0.161 e. The normalized spacial score (nSPS) is 50.9. The van der Waals surface area contributed by atoms with Crippen LogP contribution in [0.3, 0.4) is 0 Å². The van der Waals surface area contributed by atoms with Crippen LogP contribution in [0.1, 0.15) is 66.2 Å². The van der Waals surface area contributed by atoms with E-state index >= 15 is 0 Å². The second-order valence-electron chi connectivity index (χ2n) is 8.02. The molecule has 0 bridgehead atoms. The van der Waals surface area contributed by atoms with Crippen molar-refractivity contribution in [1.82, 2.24) is 0 Å². The highest BCUT2D eigenvalue weighted by Gasteiger charge is 2.57. The Balaban J connectivity index is 1.93. The Labute approximate surface area is 124 Å². The van der Waals surface area contributed by atoms with Crippen molar-refractivity contribution in [3.05, 3.63) is 12.2 Å². The maximum atomic E-state index is 12.3. The van der Waals surface area contributed by atoms with Crippen LogP contribution in [0.25, 0.3) is 0 Å². The number of ketones is 1. The first-order valence-electron chi connectivity index (χ1n) is 8.70. The predicted octanol–water partition coefficient (Wildman–Crippen LogP) is 5.01. The standard InChI is InChI=1S/C19H30O/c1-5-13-7-8-14-15-9-10-17(20)19(15,4)12-11-16(14)18(13,3)6-2/h9-10,13-16H,5-8,11-12H2,1-4H3/t13-,14+,15+,16+,18+,19+/m1/s1. The molecule has 2 saturated carbocycles. The van der Waals surface area contributed by atoms with Gasteiger partial charge in [-0.15, -0.1) is 0 Å². The number of allylic oxidation sites excluding steroid dienone is 2. The first-order valence-corrected chi connectivity index (χ1v) is 8.70. The van der Waals surface area contributed by atoms with Crippen molar-refractivity contribution in [1.29, 1.82) is 0 Å². The van der Waals surface area contributed by atoms with E-state index in [4.69, 9.17) is 0 Å². The van der Waals surface area contributed by atoms with Gasteiger partial charge >= 0.3 is 0 Å². The van der Waals surface area contributed by atoms with E-state index in [1.807, 2.05) is 6.08 Å². The van der Waals surface area contributed by atoms with Gasteiger partial charge in [0.25, 0.3) is 0 Å². The minimum absolute atomic E-state index is 0.0606. The summed E-state index contributed by atoms with van der Waals surface area (Å²) in [6.45, 7) is 9.52. The van der Waals surface area contributed by atoms with E-state index in [-0.39, 0.29) is 5.41 Å². The summed E-state index contributed by atoms with van der Waals surface area (Å²) in [6.07, 6.45) is 11.9. The maximum absolute atomic E-state index is 12.3. The summed E-state index contributed by atoms with van der Waals surface area (Å²) in [6, 6.07) is 0. The SMILES string of the molecule is CC[C@@H]1CC[C@@H]2[C@H](CC[C@]3(C)C(=O)C=C[C@@H]23)[C@@]1(C)CC. The number of hydrogen-bond acceptors (Lipinski definition) is 1. The van der Waals surface area contributed by atoms with Crippen LogP contribution in [-0.4, -0.2) is 5.78 Å². The molecule has 1 heteroatoms. The number of hydrogen-bond donors (Lipinski definition) is 0. The minimum atomic E-state index is -0.0606. The largest absolute Gasteiger partial charge is 0.294 e. The van der Waals surface area contributed by atoms with Crippen LogP contribution < -0.4 is 0 Å². The third-order valence-corrected chi connectivity index (χ3v) is 7.59. The zero-order valence-corrected chi connectivity index (χ0v) is 13.6. The molecule has 0 radical (unpaired) electrons. The number of fused-ring (bicyclic) bond motifs is 3. The summed E-state index contributed by atoms with van der Waals surface area (Å²) in [5.74, 6) is 3.40. The molecule has 0 aromatic heterocycles. The van der Waals surface area contributed by atoms with Crippen LogP contribution in [0.4, 0.5) is 0 Å². The Morgan fingerprint density at radius 3 is 2.60 bits per heavy atom. The highest BCUT2D eigenvalue weighted by Crippen LogP contribution is 2.62. The predicted molar refractivity (Wildman–Crippen MR) is 83.4 cm³/mol. The molecule has 3 rings (SSSR count). The van der Waals surface area contributed by atoms with E-state index in [9.17, 15) is 4.79 Å². The van der Waals surface area contributed by atoms with Crippen LogP contribution in [0.15, 0.2) is 12.2 Å². The van der Waals surface area contributed by atoms with Crippen molar-refractivity contribution in [2.75, 3.05) is 0 Å². The first-order chi connectivity index (χ1) is 9.47. The quantitative estimate of drug-likeness (QED) is 0.691. The van der Waals surface area contributed by atoms with Gasteiger partial charge in [0.1, 0.15) is 0 Å². The second-order valence-corrected chi connectivity index (χ2v) is 8.02. The van der Waals surface area contributed by atoms with Crippen molar-refractivity contribution in [3.63, 3.8) is 0 Å². The van der Waals surface area contributed by atoms with E-state index in [2.05, 4.69) is 33.8 Å². The van der Waals surface area contributed by atoms with Crippen LogP contribution in [0, 0.1) is 34.5 Å². The molecule has 0 aromatic rings. The Kier molecular flexibility index (Phi) is 3.38. The minimum Gasteiger partial charge on any atom is -0.294 e. The van der Waals surface area contributed by atoms with Crippen molar-refractivity contribution >= 4 is 5.78 Å². The molecule has 0 aliphatic heterocycles. The molecule has 20 heavy (non-hydrogen) atoms. The average Bonchev–Trinajstić information content (AvgIpc) is 2.75. The summed E-state index contributed by atoms with van der Waals surface area (Å²) in [5.41, 5.74) is 0.438. The topological polar surface area (TPSA) is 17.1 Å². The second kappa shape index (κ2) is 4.71. The van der Waals surface area contributed by atoms with Gasteiger partial charge in [0.2, 0.25) is 0 Å². The lowest BCUT2D eigenvalue weighted by Crippen LogP contribution is -2.51. The molecular weight excluding hydrogens is 244 g/mol. The van der Waals surface area contributed by atoms with Gasteiger partial charge in [-0.3, -0.25) is 4.79 Å². The van der Waals surface area contributed by atoms with Gasteiger partial charge in [-0.25, -0.2) is 0 Å². The molecule has 1 nitrogen and oxygen atoms in total. The first kappa shape index (κ1) is 14.4. The van der Waals surface area contributed by atoms with Gasteiger partial charge < -0.3 is 0 Å². The molecule has 3 aliphatic carbocycles. The van der Waals surface area contributed by atoms with Crippen LogP contribution in [0.5, 0.6) is 0 Å². The van der Waals surface area contributed by atoms with Gasteiger partial charge in [0.05, 0.1) is 0 Å². The fraction of sp³-hybridized carbons (Fsp3) is 0.842. The van der Waals surface area contributed by atoms with Gasteiger partial charge in [0.15, 0.2) is 5.78 Å². The highest BCUT2D eigenvalue weighted by atomic mass is 16.1. The Morgan fingerprint density at radius 1 is 1.20 bits per heavy atom.